The number of nitrogens with one attached hydrogen (secondary N) is 1. The van der Waals surface area contributed by atoms with Crippen LogP contribution in [0.2, 0.25) is 0 Å². The fourth-order valence-corrected chi connectivity index (χ4v) is 1.43. The second kappa shape index (κ2) is 5.35. The van der Waals surface area contributed by atoms with Crippen LogP contribution in [0.1, 0.15) is 6.92 Å². The fraction of sp³-hybridized carbons (Fsp3) is 0.778. The first-order valence-electron chi connectivity index (χ1n) is 5.02. The minimum atomic E-state index is -4.38. The van der Waals surface area contributed by atoms with Gasteiger partial charge in [-0.25, -0.2) is 0 Å². The summed E-state index contributed by atoms with van der Waals surface area (Å²) in [6, 6.07) is -0.640. The van der Waals surface area contributed by atoms with Crippen LogP contribution in [0.25, 0.3) is 0 Å². The van der Waals surface area contributed by atoms with E-state index in [-0.39, 0.29) is 31.5 Å². The monoisotopic (exact) mass is 254 g/mol. The predicted molar refractivity (Wildman–Crippen MR) is 51.1 cm³/mol. The van der Waals surface area contributed by atoms with E-state index in [4.69, 9.17) is 0 Å². The lowest BCUT2D eigenvalue weighted by Gasteiger charge is -2.30. The van der Waals surface area contributed by atoms with Gasteiger partial charge in [0, 0.05) is 6.54 Å². The number of rotatable bonds is 4. The molecule has 0 spiro atoms. The molecular weight excluding hydrogens is 241 g/mol. The molecule has 1 atom stereocenters. The molecule has 0 saturated carbocycles. The minimum absolute atomic E-state index is 0.0212. The first-order chi connectivity index (χ1) is 7.79. The Morgan fingerprint density at radius 1 is 1.47 bits per heavy atom. The highest BCUT2D eigenvalue weighted by molar-refractivity contribution is 5.94. The summed E-state index contributed by atoms with van der Waals surface area (Å²) < 4.78 is 39.6. The summed E-state index contributed by atoms with van der Waals surface area (Å²) in [5.41, 5.74) is 0. The molecule has 1 N–H and O–H groups in total. The SMILES string of the molecule is CC1NC(=O)CN(CCOCC(F)(F)F)C1=O. The van der Waals surface area contributed by atoms with Gasteiger partial charge in [-0.2, -0.15) is 13.2 Å². The third-order valence-electron chi connectivity index (χ3n) is 2.17. The zero-order chi connectivity index (χ0) is 13.1. The maximum atomic E-state index is 11.8. The number of hydrogen-bond donors (Lipinski definition) is 1. The van der Waals surface area contributed by atoms with E-state index in [9.17, 15) is 22.8 Å². The smallest absolute Gasteiger partial charge is 0.370 e. The van der Waals surface area contributed by atoms with E-state index in [1.807, 2.05) is 0 Å². The third-order valence-corrected chi connectivity index (χ3v) is 2.17. The molecule has 0 bridgehead atoms. The van der Waals surface area contributed by atoms with Crippen LogP contribution in [-0.2, 0) is 14.3 Å². The molecule has 1 saturated heterocycles. The fourth-order valence-electron chi connectivity index (χ4n) is 1.43. The maximum absolute atomic E-state index is 11.8. The number of halogens is 3. The second-order valence-corrected chi connectivity index (χ2v) is 3.72. The Hall–Kier alpha value is -1.31. The van der Waals surface area contributed by atoms with Crippen LogP contribution in [0.4, 0.5) is 13.2 Å². The van der Waals surface area contributed by atoms with Crippen molar-refractivity contribution in [3.8, 4) is 0 Å². The van der Waals surface area contributed by atoms with E-state index in [0.29, 0.717) is 0 Å². The first kappa shape index (κ1) is 13.8. The molecule has 0 aromatic heterocycles. The van der Waals surface area contributed by atoms with E-state index >= 15 is 0 Å². The van der Waals surface area contributed by atoms with Crippen molar-refractivity contribution in [2.24, 2.45) is 0 Å². The average molecular weight is 254 g/mol. The Kier molecular flexibility index (Phi) is 4.33. The van der Waals surface area contributed by atoms with E-state index in [0.717, 1.165) is 0 Å². The van der Waals surface area contributed by atoms with Gasteiger partial charge in [-0.05, 0) is 6.92 Å². The zero-order valence-electron chi connectivity index (χ0n) is 9.21. The summed E-state index contributed by atoms with van der Waals surface area (Å²) >= 11 is 0. The van der Waals surface area contributed by atoms with Crippen molar-refractivity contribution in [2.45, 2.75) is 19.1 Å². The number of hydrogen-bond acceptors (Lipinski definition) is 3. The number of alkyl halides is 3. The average Bonchev–Trinajstić information content (AvgIpc) is 2.18. The van der Waals surface area contributed by atoms with Gasteiger partial charge in [0.25, 0.3) is 0 Å². The van der Waals surface area contributed by atoms with Gasteiger partial charge < -0.3 is 15.0 Å². The summed E-state index contributed by atoms with van der Waals surface area (Å²) in [6.45, 7) is -0.240. The van der Waals surface area contributed by atoms with Gasteiger partial charge in [0.1, 0.15) is 12.6 Å². The molecule has 8 heteroatoms. The number of piperazine rings is 1. The molecule has 1 heterocycles. The van der Waals surface area contributed by atoms with Crippen molar-refractivity contribution >= 4 is 11.8 Å². The molecule has 0 aromatic carbocycles. The molecule has 0 aromatic rings. The van der Waals surface area contributed by atoms with Gasteiger partial charge in [-0.1, -0.05) is 0 Å². The van der Waals surface area contributed by atoms with Gasteiger partial charge >= 0.3 is 6.18 Å². The largest absolute Gasteiger partial charge is 0.411 e. The highest BCUT2D eigenvalue weighted by Gasteiger charge is 2.30. The Morgan fingerprint density at radius 3 is 2.71 bits per heavy atom. The molecule has 2 amide bonds. The first-order valence-corrected chi connectivity index (χ1v) is 5.02. The number of carbonyl (C=O) groups is 2. The summed E-state index contributed by atoms with van der Waals surface area (Å²) in [7, 11) is 0. The summed E-state index contributed by atoms with van der Waals surface area (Å²) in [4.78, 5) is 23.8. The summed E-state index contributed by atoms with van der Waals surface area (Å²) in [5.74, 6) is -0.645. The quantitative estimate of drug-likeness (QED) is 0.713. The van der Waals surface area contributed by atoms with E-state index < -0.39 is 18.8 Å². The van der Waals surface area contributed by atoms with E-state index in [2.05, 4.69) is 10.1 Å². The molecule has 1 unspecified atom stereocenters. The van der Waals surface area contributed by atoms with Crippen molar-refractivity contribution in [3.63, 3.8) is 0 Å². The Balaban J connectivity index is 2.31. The Morgan fingerprint density at radius 2 is 2.12 bits per heavy atom. The van der Waals surface area contributed by atoms with Crippen LogP contribution in [-0.4, -0.2) is 55.2 Å². The van der Waals surface area contributed by atoms with Crippen LogP contribution >= 0.6 is 0 Å². The van der Waals surface area contributed by atoms with Gasteiger partial charge in [-0.3, -0.25) is 9.59 Å². The number of nitrogens with zero attached hydrogens (tertiary/aromatic N) is 1. The van der Waals surface area contributed by atoms with Crippen LogP contribution in [0.15, 0.2) is 0 Å². The lowest BCUT2D eigenvalue weighted by Crippen LogP contribution is -2.57. The molecule has 1 rings (SSSR count). The normalized spacial score (nSPS) is 21.6. The summed E-state index contributed by atoms with van der Waals surface area (Å²) in [5, 5.41) is 2.42. The number of ether oxygens (including phenoxy) is 1. The van der Waals surface area contributed by atoms with Crippen molar-refractivity contribution in [1.29, 1.82) is 0 Å². The van der Waals surface area contributed by atoms with Crippen molar-refractivity contribution in [1.82, 2.24) is 10.2 Å². The minimum Gasteiger partial charge on any atom is -0.370 e. The van der Waals surface area contributed by atoms with Gasteiger partial charge in [-0.15, -0.1) is 0 Å². The standard InChI is InChI=1S/C9H13F3N2O3/c1-6-8(16)14(4-7(15)13-6)2-3-17-5-9(10,11)12/h6H,2-5H2,1H3,(H,13,15). The zero-order valence-corrected chi connectivity index (χ0v) is 9.21. The molecular formula is C9H13F3N2O3. The van der Waals surface area contributed by atoms with Gasteiger partial charge in [0.05, 0.1) is 13.2 Å². The molecule has 17 heavy (non-hydrogen) atoms. The van der Waals surface area contributed by atoms with Crippen molar-refractivity contribution in [2.75, 3.05) is 26.3 Å². The van der Waals surface area contributed by atoms with Gasteiger partial charge in [0.2, 0.25) is 11.8 Å². The molecule has 98 valence electrons. The molecule has 5 nitrogen and oxygen atoms in total. The molecule has 0 radical (unpaired) electrons. The highest BCUT2D eigenvalue weighted by atomic mass is 19.4. The molecule has 1 aliphatic rings. The summed E-state index contributed by atoms with van der Waals surface area (Å²) in [6.07, 6.45) is -4.38. The van der Waals surface area contributed by atoms with Crippen molar-refractivity contribution < 1.29 is 27.5 Å². The topological polar surface area (TPSA) is 58.6 Å². The molecule has 1 aliphatic heterocycles. The molecule has 0 aliphatic carbocycles. The van der Waals surface area contributed by atoms with Crippen LogP contribution < -0.4 is 5.32 Å². The maximum Gasteiger partial charge on any atom is 0.411 e. The second-order valence-electron chi connectivity index (χ2n) is 3.72. The Bertz CT molecular complexity index is 306. The van der Waals surface area contributed by atoms with Crippen LogP contribution in [0.3, 0.4) is 0 Å². The molecule has 1 fully saturated rings. The van der Waals surface area contributed by atoms with E-state index in [1.165, 1.54) is 11.8 Å². The lowest BCUT2D eigenvalue weighted by atomic mass is 10.2. The lowest BCUT2D eigenvalue weighted by molar-refractivity contribution is -0.175. The highest BCUT2D eigenvalue weighted by Crippen LogP contribution is 2.14. The number of carbonyl (C=O) groups excluding carboxylic acids is 2. The predicted octanol–water partition coefficient (Wildman–Crippen LogP) is -0.0878. The van der Waals surface area contributed by atoms with Gasteiger partial charge in [0.15, 0.2) is 0 Å². The Labute approximate surface area is 95.9 Å². The van der Waals surface area contributed by atoms with Crippen molar-refractivity contribution in [3.05, 3.63) is 0 Å². The van der Waals surface area contributed by atoms with E-state index in [1.54, 1.807) is 0 Å². The third kappa shape index (κ3) is 4.59. The number of amides is 2. The van der Waals surface area contributed by atoms with Crippen LogP contribution in [0.5, 0.6) is 0 Å². The van der Waals surface area contributed by atoms with Crippen LogP contribution in [0, 0.1) is 0 Å².